The van der Waals surface area contributed by atoms with Gasteiger partial charge in [-0.3, -0.25) is 4.90 Å². The van der Waals surface area contributed by atoms with Crippen LogP contribution in [0.25, 0.3) is 0 Å². The fraction of sp³-hybridized carbons (Fsp3) is 0.565. The van der Waals surface area contributed by atoms with E-state index in [4.69, 9.17) is 4.74 Å². The molecule has 0 bridgehead atoms. The van der Waals surface area contributed by atoms with Gasteiger partial charge in [-0.05, 0) is 49.1 Å². The topological polar surface area (TPSA) is 37.6 Å². The Bertz CT molecular complexity index is 691. The zero-order valence-corrected chi connectivity index (χ0v) is 16.8. The molecule has 1 N–H and O–H groups in total. The molecule has 0 spiro atoms. The van der Waals surface area contributed by atoms with Crippen LogP contribution in [0, 0.1) is 0 Å². The van der Waals surface area contributed by atoms with E-state index in [1.165, 1.54) is 43.4 Å². The SMILES string of the molecule is CCC(O)CN(Cc1cccn1Cc1cccc(OC)c1)C1CCCCC1. The van der Waals surface area contributed by atoms with Crippen LogP contribution in [-0.2, 0) is 13.1 Å². The summed E-state index contributed by atoms with van der Waals surface area (Å²) in [7, 11) is 1.71. The summed E-state index contributed by atoms with van der Waals surface area (Å²) in [6, 6.07) is 13.2. The van der Waals surface area contributed by atoms with Crippen molar-refractivity contribution in [2.45, 2.75) is 70.7 Å². The molecule has 148 valence electrons. The highest BCUT2D eigenvalue weighted by Gasteiger charge is 2.23. The zero-order chi connectivity index (χ0) is 19.1. The molecule has 1 heterocycles. The largest absolute Gasteiger partial charge is 0.497 e. The predicted molar refractivity (Wildman–Crippen MR) is 110 cm³/mol. The minimum Gasteiger partial charge on any atom is -0.497 e. The van der Waals surface area contributed by atoms with Crippen LogP contribution < -0.4 is 4.74 Å². The van der Waals surface area contributed by atoms with Crippen molar-refractivity contribution in [3.05, 3.63) is 53.9 Å². The summed E-state index contributed by atoms with van der Waals surface area (Å²) in [4.78, 5) is 2.52. The quantitative estimate of drug-likeness (QED) is 0.708. The molecule has 2 aromatic rings. The highest BCUT2D eigenvalue weighted by atomic mass is 16.5. The Morgan fingerprint density at radius 1 is 1.19 bits per heavy atom. The molecule has 1 aromatic carbocycles. The van der Waals surface area contributed by atoms with E-state index in [0.29, 0.717) is 6.04 Å². The maximum Gasteiger partial charge on any atom is 0.119 e. The molecule has 1 aliphatic carbocycles. The Kier molecular flexibility index (Phi) is 7.36. The van der Waals surface area contributed by atoms with Crippen LogP contribution >= 0.6 is 0 Å². The fourth-order valence-corrected chi connectivity index (χ4v) is 4.11. The minimum atomic E-state index is -0.242. The molecule has 0 saturated heterocycles. The normalized spacial score (nSPS) is 16.6. The van der Waals surface area contributed by atoms with E-state index in [1.54, 1.807) is 7.11 Å². The van der Waals surface area contributed by atoms with Crippen molar-refractivity contribution < 1.29 is 9.84 Å². The van der Waals surface area contributed by atoms with E-state index < -0.39 is 0 Å². The van der Waals surface area contributed by atoms with Crippen molar-refractivity contribution in [3.63, 3.8) is 0 Å². The molecule has 1 atom stereocenters. The smallest absolute Gasteiger partial charge is 0.119 e. The molecule has 1 unspecified atom stereocenters. The number of methoxy groups -OCH3 is 1. The lowest BCUT2D eigenvalue weighted by atomic mass is 9.93. The van der Waals surface area contributed by atoms with E-state index in [2.05, 4.69) is 46.9 Å². The van der Waals surface area contributed by atoms with Crippen molar-refractivity contribution in [3.8, 4) is 5.75 Å². The third-order valence-corrected chi connectivity index (χ3v) is 5.78. The van der Waals surface area contributed by atoms with Gasteiger partial charge in [0.1, 0.15) is 5.75 Å². The number of hydrogen-bond acceptors (Lipinski definition) is 3. The fourth-order valence-electron chi connectivity index (χ4n) is 4.11. The van der Waals surface area contributed by atoms with Crippen molar-refractivity contribution in [2.24, 2.45) is 0 Å². The average Bonchev–Trinajstić information content (AvgIpc) is 3.14. The van der Waals surface area contributed by atoms with E-state index in [9.17, 15) is 5.11 Å². The van der Waals surface area contributed by atoms with Crippen LogP contribution in [0.5, 0.6) is 5.75 Å². The Morgan fingerprint density at radius 2 is 2.00 bits per heavy atom. The lowest BCUT2D eigenvalue weighted by Crippen LogP contribution is -2.41. The van der Waals surface area contributed by atoms with Gasteiger partial charge in [0.2, 0.25) is 0 Å². The maximum atomic E-state index is 10.3. The summed E-state index contributed by atoms with van der Waals surface area (Å²) < 4.78 is 7.68. The highest BCUT2D eigenvalue weighted by Crippen LogP contribution is 2.25. The second kappa shape index (κ2) is 9.95. The first kappa shape index (κ1) is 20.0. The van der Waals surface area contributed by atoms with Crippen LogP contribution in [0.3, 0.4) is 0 Å². The van der Waals surface area contributed by atoms with Gasteiger partial charge in [-0.15, -0.1) is 0 Å². The van der Waals surface area contributed by atoms with Crippen molar-refractivity contribution in [1.82, 2.24) is 9.47 Å². The molecule has 1 aromatic heterocycles. The van der Waals surface area contributed by atoms with Crippen LogP contribution in [0.15, 0.2) is 42.6 Å². The summed E-state index contributed by atoms with van der Waals surface area (Å²) in [5, 5.41) is 10.3. The van der Waals surface area contributed by atoms with Gasteiger partial charge in [-0.25, -0.2) is 0 Å². The number of rotatable bonds is 9. The van der Waals surface area contributed by atoms with Gasteiger partial charge in [0.25, 0.3) is 0 Å². The Morgan fingerprint density at radius 3 is 2.74 bits per heavy atom. The zero-order valence-electron chi connectivity index (χ0n) is 16.8. The van der Waals surface area contributed by atoms with Gasteiger partial charge in [0.15, 0.2) is 0 Å². The van der Waals surface area contributed by atoms with Crippen LogP contribution in [0.4, 0.5) is 0 Å². The summed E-state index contributed by atoms with van der Waals surface area (Å²) in [5.41, 5.74) is 2.55. The third kappa shape index (κ3) is 5.60. The number of ether oxygens (including phenoxy) is 1. The van der Waals surface area contributed by atoms with Gasteiger partial charge in [-0.1, -0.05) is 38.3 Å². The van der Waals surface area contributed by atoms with Crippen molar-refractivity contribution in [2.75, 3.05) is 13.7 Å². The van der Waals surface area contributed by atoms with E-state index in [1.807, 2.05) is 12.1 Å². The molecule has 0 radical (unpaired) electrons. The molecule has 1 saturated carbocycles. The second-order valence-corrected chi connectivity index (χ2v) is 7.76. The van der Waals surface area contributed by atoms with E-state index in [0.717, 1.165) is 31.8 Å². The van der Waals surface area contributed by atoms with Crippen molar-refractivity contribution >= 4 is 0 Å². The first-order chi connectivity index (χ1) is 13.2. The van der Waals surface area contributed by atoms with Gasteiger partial charge in [0.05, 0.1) is 13.2 Å². The van der Waals surface area contributed by atoms with Crippen LogP contribution in [0.2, 0.25) is 0 Å². The number of aliphatic hydroxyl groups excluding tert-OH is 1. The average molecular weight is 371 g/mol. The maximum absolute atomic E-state index is 10.3. The predicted octanol–water partition coefficient (Wildman–Crippen LogP) is 4.45. The summed E-state index contributed by atoms with van der Waals surface area (Å²) >= 11 is 0. The van der Waals surface area contributed by atoms with Gasteiger partial charge < -0.3 is 14.4 Å². The number of benzene rings is 1. The van der Waals surface area contributed by atoms with Crippen LogP contribution in [0.1, 0.15) is 56.7 Å². The molecule has 3 rings (SSSR count). The molecule has 0 aliphatic heterocycles. The lowest BCUT2D eigenvalue weighted by molar-refractivity contribution is 0.0643. The monoisotopic (exact) mass is 370 g/mol. The Balaban J connectivity index is 1.73. The van der Waals surface area contributed by atoms with Crippen LogP contribution in [-0.4, -0.2) is 40.4 Å². The molecule has 4 heteroatoms. The van der Waals surface area contributed by atoms with E-state index in [-0.39, 0.29) is 6.10 Å². The molecule has 27 heavy (non-hydrogen) atoms. The molecule has 1 aliphatic rings. The number of hydrogen-bond donors (Lipinski definition) is 1. The summed E-state index contributed by atoms with van der Waals surface area (Å²) in [6.07, 6.45) is 9.22. The number of aromatic nitrogens is 1. The third-order valence-electron chi connectivity index (χ3n) is 5.78. The second-order valence-electron chi connectivity index (χ2n) is 7.76. The number of aliphatic hydroxyl groups is 1. The molecule has 1 fully saturated rings. The Hall–Kier alpha value is -1.78. The standard InChI is InChI=1S/C23H34N2O2/c1-3-22(26)18-25(20-10-5-4-6-11-20)17-21-12-8-14-24(21)16-19-9-7-13-23(15-19)27-2/h7-9,12-15,20,22,26H,3-6,10-11,16-18H2,1-2H3. The van der Waals surface area contributed by atoms with E-state index >= 15 is 0 Å². The number of nitrogens with zero attached hydrogens (tertiary/aromatic N) is 2. The molecule has 4 nitrogen and oxygen atoms in total. The first-order valence-electron chi connectivity index (χ1n) is 10.4. The summed E-state index contributed by atoms with van der Waals surface area (Å²) in [5.74, 6) is 0.899. The van der Waals surface area contributed by atoms with Crippen molar-refractivity contribution in [1.29, 1.82) is 0 Å². The summed E-state index contributed by atoms with van der Waals surface area (Å²) in [6.45, 7) is 4.58. The van der Waals surface area contributed by atoms with Gasteiger partial charge in [0, 0.05) is 37.6 Å². The molecule has 0 amide bonds. The lowest BCUT2D eigenvalue weighted by Gasteiger charge is -2.35. The minimum absolute atomic E-state index is 0.242. The van der Waals surface area contributed by atoms with Gasteiger partial charge >= 0.3 is 0 Å². The molecular weight excluding hydrogens is 336 g/mol. The molecular formula is C23H34N2O2. The first-order valence-corrected chi connectivity index (χ1v) is 10.4. The Labute approximate surface area is 163 Å². The highest BCUT2D eigenvalue weighted by molar-refractivity contribution is 5.29. The van der Waals surface area contributed by atoms with Gasteiger partial charge in [-0.2, -0.15) is 0 Å².